The Bertz CT molecular complexity index is 667. The first-order chi connectivity index (χ1) is 8.81. The van der Waals surface area contributed by atoms with Gasteiger partial charge in [0.25, 0.3) is 0 Å². The van der Waals surface area contributed by atoms with Crippen molar-refractivity contribution < 1.29 is 19.1 Å². The molecule has 2 rings (SSSR count). The van der Waals surface area contributed by atoms with Gasteiger partial charge in [-0.15, -0.1) is 12.6 Å². The minimum Gasteiger partial charge on any atom is -0.479 e. The molecule has 0 spiro atoms. The van der Waals surface area contributed by atoms with Crippen molar-refractivity contribution in [3.05, 3.63) is 11.6 Å². The minimum absolute atomic E-state index is 0.286. The Kier molecular flexibility index (Phi) is 4.08. The van der Waals surface area contributed by atoms with E-state index in [1.807, 2.05) is 6.92 Å². The van der Waals surface area contributed by atoms with Gasteiger partial charge in [-0.3, -0.25) is 4.57 Å². The van der Waals surface area contributed by atoms with E-state index in [9.17, 15) is 4.57 Å². The summed E-state index contributed by atoms with van der Waals surface area (Å²) in [6.45, 7) is 1.99. The number of thiazole rings is 1. The van der Waals surface area contributed by atoms with Crippen molar-refractivity contribution in [2.24, 2.45) is 0 Å². The molecule has 0 saturated heterocycles. The fraction of sp³-hybridized carbons (Fsp3) is 0.300. The van der Waals surface area contributed by atoms with Crippen LogP contribution < -0.4 is 10.5 Å². The summed E-state index contributed by atoms with van der Waals surface area (Å²) in [5, 5.41) is 0.379. The normalized spacial score (nSPS) is 12.0. The van der Waals surface area contributed by atoms with Crippen molar-refractivity contribution in [2.75, 3.05) is 12.1 Å². The Morgan fingerprint density at radius 3 is 2.84 bits per heavy atom. The molecule has 9 heteroatoms. The first-order valence-electron chi connectivity index (χ1n) is 5.40. The van der Waals surface area contributed by atoms with Gasteiger partial charge in [0.15, 0.2) is 11.5 Å². The number of rotatable bonds is 4. The highest BCUT2D eigenvalue weighted by Crippen LogP contribution is 2.40. The van der Waals surface area contributed by atoms with E-state index >= 15 is 0 Å². The summed E-state index contributed by atoms with van der Waals surface area (Å²) in [6, 6.07) is 1.61. The third kappa shape index (κ3) is 3.21. The Hall–Kier alpha value is -0.790. The van der Waals surface area contributed by atoms with Crippen LogP contribution in [0.3, 0.4) is 0 Å². The van der Waals surface area contributed by atoms with E-state index < -0.39 is 13.9 Å². The number of nitrogens with zero attached hydrogens (tertiary/aromatic N) is 1. The van der Waals surface area contributed by atoms with Gasteiger partial charge in [0.1, 0.15) is 11.3 Å². The lowest BCUT2D eigenvalue weighted by Gasteiger charge is -2.11. The average Bonchev–Trinajstić information content (AvgIpc) is 2.66. The van der Waals surface area contributed by atoms with Gasteiger partial charge in [0, 0.05) is 4.90 Å². The van der Waals surface area contributed by atoms with Gasteiger partial charge in [0.05, 0.1) is 4.70 Å². The molecule has 0 amide bonds. The number of fused-ring (bicyclic) bond motifs is 1. The second-order valence-corrected chi connectivity index (χ2v) is 6.99. The number of nitrogen functional groups attached to an aromatic ring is 1. The van der Waals surface area contributed by atoms with Crippen molar-refractivity contribution in [3.63, 3.8) is 0 Å². The van der Waals surface area contributed by atoms with Crippen molar-refractivity contribution in [1.82, 2.24) is 4.98 Å². The molecule has 1 heterocycles. The zero-order chi connectivity index (χ0) is 14.2. The fourth-order valence-electron chi connectivity index (χ4n) is 1.71. The van der Waals surface area contributed by atoms with Crippen LogP contribution in [0.1, 0.15) is 12.5 Å². The second kappa shape index (κ2) is 5.30. The molecule has 0 fully saturated rings. The molecule has 0 saturated carbocycles. The molecular formula is C10H13N2O4PS2. The van der Waals surface area contributed by atoms with E-state index in [-0.39, 0.29) is 5.75 Å². The van der Waals surface area contributed by atoms with Crippen LogP contribution in [0.25, 0.3) is 10.2 Å². The summed E-state index contributed by atoms with van der Waals surface area (Å²) >= 11 is 5.67. The van der Waals surface area contributed by atoms with E-state index in [1.54, 1.807) is 6.07 Å². The third-order valence-electron chi connectivity index (χ3n) is 2.47. The maximum atomic E-state index is 10.9. The van der Waals surface area contributed by atoms with Crippen LogP contribution in [0, 0.1) is 0 Å². The molecule has 0 bridgehead atoms. The topological polar surface area (TPSA) is 106 Å². The number of aryl methyl sites for hydroxylation is 1. The number of hydrogen-bond acceptors (Lipinski definition) is 6. The number of anilines is 1. The van der Waals surface area contributed by atoms with Crippen LogP contribution in [0.5, 0.6) is 5.75 Å². The second-order valence-electron chi connectivity index (χ2n) is 3.89. The predicted molar refractivity (Wildman–Crippen MR) is 78.2 cm³/mol. The number of benzene rings is 1. The van der Waals surface area contributed by atoms with Crippen LogP contribution >= 0.6 is 31.6 Å². The number of nitrogens with two attached hydrogens (primary N) is 1. The van der Waals surface area contributed by atoms with E-state index in [2.05, 4.69) is 17.6 Å². The minimum atomic E-state index is -4.24. The summed E-state index contributed by atoms with van der Waals surface area (Å²) in [5.41, 5.74) is 7.20. The Morgan fingerprint density at radius 2 is 2.26 bits per heavy atom. The summed E-state index contributed by atoms with van der Waals surface area (Å²) in [7, 11) is -4.24. The highest BCUT2D eigenvalue weighted by atomic mass is 32.1. The molecular weight excluding hydrogens is 307 g/mol. The quantitative estimate of drug-likeness (QED) is 0.508. The Labute approximate surface area is 119 Å². The largest absolute Gasteiger partial charge is 0.479 e. The Balaban J connectivity index is 2.53. The standard InChI is InChI=1S/C10H13N2O4PS2/c1-2-5-7(18)3-6(16-4-17(13,14)15)8-9(5)19-10(11)12-8/h3,18H,2,4H2,1H3,(H2,11,12)(H2,13,14,15). The van der Waals surface area contributed by atoms with Crippen molar-refractivity contribution >= 4 is 46.9 Å². The van der Waals surface area contributed by atoms with Gasteiger partial charge < -0.3 is 20.3 Å². The van der Waals surface area contributed by atoms with Crippen molar-refractivity contribution in [3.8, 4) is 5.75 Å². The average molecular weight is 320 g/mol. The fourth-order valence-corrected chi connectivity index (χ4v) is 3.45. The summed E-state index contributed by atoms with van der Waals surface area (Å²) in [6.07, 6.45) is 0.0635. The Morgan fingerprint density at radius 1 is 1.58 bits per heavy atom. The molecule has 0 aliphatic rings. The van der Waals surface area contributed by atoms with Gasteiger partial charge >= 0.3 is 7.60 Å². The number of hydrogen-bond donors (Lipinski definition) is 4. The van der Waals surface area contributed by atoms with E-state index in [0.29, 0.717) is 15.5 Å². The molecule has 104 valence electrons. The van der Waals surface area contributed by atoms with Gasteiger partial charge in [-0.1, -0.05) is 18.3 Å². The zero-order valence-electron chi connectivity index (χ0n) is 10.0. The lowest BCUT2D eigenvalue weighted by Crippen LogP contribution is -1.99. The van der Waals surface area contributed by atoms with Gasteiger partial charge in [-0.05, 0) is 18.1 Å². The summed E-state index contributed by atoms with van der Waals surface area (Å²) < 4.78 is 16.9. The van der Waals surface area contributed by atoms with Crippen LogP contribution in [0.2, 0.25) is 0 Å². The maximum absolute atomic E-state index is 10.9. The summed E-state index contributed by atoms with van der Waals surface area (Å²) in [5.74, 6) is 0.286. The monoisotopic (exact) mass is 320 g/mol. The number of aromatic nitrogens is 1. The highest BCUT2D eigenvalue weighted by Gasteiger charge is 2.18. The molecule has 2 aromatic rings. The van der Waals surface area contributed by atoms with E-state index in [0.717, 1.165) is 16.7 Å². The lowest BCUT2D eigenvalue weighted by atomic mass is 10.1. The first-order valence-corrected chi connectivity index (χ1v) is 8.46. The smallest absolute Gasteiger partial charge is 0.362 e. The van der Waals surface area contributed by atoms with Crippen molar-refractivity contribution in [2.45, 2.75) is 18.2 Å². The van der Waals surface area contributed by atoms with Crippen LogP contribution in [-0.2, 0) is 11.0 Å². The van der Waals surface area contributed by atoms with Gasteiger partial charge in [0.2, 0.25) is 0 Å². The maximum Gasteiger partial charge on any atom is 0.362 e. The SMILES string of the molecule is CCc1c(S)cc(OCP(=O)(O)O)c2nc(N)sc12. The molecule has 0 aliphatic carbocycles. The predicted octanol–water partition coefficient (Wildman–Crippen LogP) is 2.24. The van der Waals surface area contributed by atoms with Gasteiger partial charge in [-0.25, -0.2) is 4.98 Å². The van der Waals surface area contributed by atoms with Crippen LogP contribution in [0.4, 0.5) is 5.13 Å². The number of thiol groups is 1. The summed E-state index contributed by atoms with van der Waals surface area (Å²) in [4.78, 5) is 22.5. The van der Waals surface area contributed by atoms with Crippen molar-refractivity contribution in [1.29, 1.82) is 0 Å². The zero-order valence-corrected chi connectivity index (χ0v) is 12.6. The van der Waals surface area contributed by atoms with E-state index in [4.69, 9.17) is 20.3 Å². The highest BCUT2D eigenvalue weighted by molar-refractivity contribution is 7.80. The van der Waals surface area contributed by atoms with Crippen LogP contribution in [-0.4, -0.2) is 21.1 Å². The third-order valence-corrected chi connectivity index (χ3v) is 4.28. The molecule has 1 aromatic heterocycles. The molecule has 0 atom stereocenters. The molecule has 0 aliphatic heterocycles. The molecule has 1 aromatic carbocycles. The number of ether oxygens (including phenoxy) is 1. The van der Waals surface area contributed by atoms with E-state index in [1.165, 1.54) is 11.3 Å². The lowest BCUT2D eigenvalue weighted by molar-refractivity contribution is 0.302. The van der Waals surface area contributed by atoms with Crippen LogP contribution in [0.15, 0.2) is 11.0 Å². The molecule has 0 radical (unpaired) electrons. The molecule has 0 unspecified atom stereocenters. The molecule has 4 N–H and O–H groups in total. The first kappa shape index (κ1) is 14.6. The van der Waals surface area contributed by atoms with Gasteiger partial charge in [-0.2, -0.15) is 0 Å². The molecule has 19 heavy (non-hydrogen) atoms. The molecule has 6 nitrogen and oxygen atoms in total.